The first-order valence-corrected chi connectivity index (χ1v) is 4.03. The van der Waals surface area contributed by atoms with Gasteiger partial charge in [-0.3, -0.25) is 0 Å². The molecule has 0 aromatic heterocycles. The molecule has 0 heterocycles. The maximum atomic E-state index is 10.1. The van der Waals surface area contributed by atoms with Gasteiger partial charge in [-0.25, -0.2) is 15.0 Å². The van der Waals surface area contributed by atoms with Crippen molar-refractivity contribution in [3.8, 4) is 0 Å². The van der Waals surface area contributed by atoms with Gasteiger partial charge in [-0.1, -0.05) is 0 Å². The Balaban J connectivity index is 3.40. The van der Waals surface area contributed by atoms with Crippen molar-refractivity contribution in [3.63, 3.8) is 0 Å². The van der Waals surface area contributed by atoms with Crippen LogP contribution in [0.2, 0.25) is 0 Å². The summed E-state index contributed by atoms with van der Waals surface area (Å²) in [5.41, 5.74) is 4.55. The van der Waals surface area contributed by atoms with Gasteiger partial charge in [-0.05, 0) is 13.8 Å². The quantitative estimate of drug-likeness (QED) is 0.350. The van der Waals surface area contributed by atoms with Crippen molar-refractivity contribution in [1.29, 1.82) is 0 Å². The molecule has 1 atom stereocenters. The molecule has 0 amide bonds. The Kier molecular flexibility index (Phi) is 3.32. The average Bonchev–Trinajstić information content (AvgIpc) is 1.59. The summed E-state index contributed by atoms with van der Waals surface area (Å²) >= 11 is 0. The highest BCUT2D eigenvalue weighted by molar-refractivity contribution is 7.49. The van der Waals surface area contributed by atoms with E-state index in [2.05, 4.69) is 15.1 Å². The van der Waals surface area contributed by atoms with Crippen LogP contribution in [0.25, 0.3) is 0 Å². The smallest absolute Gasteiger partial charge is 0.311 e. The van der Waals surface area contributed by atoms with Crippen LogP contribution >= 0.6 is 7.75 Å². The van der Waals surface area contributed by atoms with E-state index < -0.39 is 7.75 Å². The molecule has 0 saturated heterocycles. The fourth-order valence-corrected chi connectivity index (χ4v) is 0.443. The van der Waals surface area contributed by atoms with Gasteiger partial charge in [-0.15, -0.1) is 4.67 Å². The minimum absolute atomic E-state index is 0.269. The van der Waals surface area contributed by atoms with Crippen molar-refractivity contribution in [2.75, 3.05) is 0 Å². The molecule has 0 rings (SSSR count). The maximum absolute atomic E-state index is 10.1. The summed E-state index contributed by atoms with van der Waals surface area (Å²) in [5.74, 6) is 0. The van der Waals surface area contributed by atoms with Gasteiger partial charge in [0.15, 0.2) is 0 Å². The zero-order valence-corrected chi connectivity index (χ0v) is 6.17. The van der Waals surface area contributed by atoms with Crippen LogP contribution in [0.1, 0.15) is 13.8 Å². The van der Waals surface area contributed by atoms with Crippen LogP contribution in [0.4, 0.5) is 0 Å². The molecule has 56 valence electrons. The van der Waals surface area contributed by atoms with Gasteiger partial charge >= 0.3 is 7.75 Å². The van der Waals surface area contributed by atoms with E-state index in [9.17, 15) is 4.57 Å². The second kappa shape index (κ2) is 3.29. The van der Waals surface area contributed by atoms with E-state index >= 15 is 0 Å². The van der Waals surface area contributed by atoms with Crippen molar-refractivity contribution >= 4 is 7.75 Å². The van der Waals surface area contributed by atoms with Crippen molar-refractivity contribution in [3.05, 3.63) is 0 Å². The summed E-state index contributed by atoms with van der Waals surface area (Å²) in [7, 11) is -3.94. The number of hydrogen-bond donors (Lipinski definition) is 2. The zero-order chi connectivity index (χ0) is 7.49. The van der Waals surface area contributed by atoms with Gasteiger partial charge in [0.25, 0.3) is 0 Å². The van der Waals surface area contributed by atoms with Gasteiger partial charge in [-0.2, -0.15) is 0 Å². The average molecular weight is 155 g/mol. The topological polar surface area (TPSA) is 81.8 Å². The Morgan fingerprint density at radius 3 is 2.22 bits per heavy atom. The van der Waals surface area contributed by atoms with Crippen LogP contribution in [0, 0.1) is 0 Å². The minimum atomic E-state index is -3.94. The molecule has 0 aliphatic rings. The lowest BCUT2D eigenvalue weighted by molar-refractivity contribution is -0.240. The van der Waals surface area contributed by atoms with Crippen molar-refractivity contribution in [2.24, 2.45) is 5.50 Å². The number of nitrogens with two attached hydrogens (primary N) is 1. The Morgan fingerprint density at radius 2 is 2.11 bits per heavy atom. The zero-order valence-electron chi connectivity index (χ0n) is 5.27. The normalized spacial score (nSPS) is 17.9. The summed E-state index contributed by atoms with van der Waals surface area (Å²) in [4.78, 5) is 12.5. The Bertz CT molecular complexity index is 119. The van der Waals surface area contributed by atoms with Gasteiger partial charge < -0.3 is 4.89 Å². The van der Waals surface area contributed by atoms with E-state index in [0.29, 0.717) is 0 Å². The largest absolute Gasteiger partial charge is 0.427 e. The van der Waals surface area contributed by atoms with Crippen LogP contribution in [-0.2, 0) is 14.1 Å². The Morgan fingerprint density at radius 1 is 1.67 bits per heavy atom. The van der Waals surface area contributed by atoms with Gasteiger partial charge in [0.2, 0.25) is 0 Å². The van der Waals surface area contributed by atoms with Crippen LogP contribution < -0.4 is 5.50 Å². The van der Waals surface area contributed by atoms with Crippen LogP contribution in [-0.4, -0.2) is 11.0 Å². The highest BCUT2D eigenvalue weighted by Gasteiger charge is 2.12. The molecule has 0 spiro atoms. The molecule has 9 heavy (non-hydrogen) atoms. The third-order valence-corrected chi connectivity index (χ3v) is 0.642. The lowest BCUT2D eigenvalue weighted by atomic mass is 10.5. The summed E-state index contributed by atoms with van der Waals surface area (Å²) in [6, 6.07) is 0. The SMILES string of the molecule is CC(C)OOP(N)(=O)O. The molecule has 0 aliphatic heterocycles. The van der Waals surface area contributed by atoms with Crippen LogP contribution in [0.15, 0.2) is 0 Å². The summed E-state index contributed by atoms with van der Waals surface area (Å²) < 4.78 is 14.0. The number of rotatable bonds is 3. The molecule has 0 radical (unpaired) electrons. The first-order valence-electron chi connectivity index (χ1n) is 2.38. The van der Waals surface area contributed by atoms with E-state index in [-0.39, 0.29) is 6.10 Å². The molecular formula is C3H10NO4P. The first kappa shape index (κ1) is 9.07. The summed E-state index contributed by atoms with van der Waals surface area (Å²) in [5, 5.41) is 0. The van der Waals surface area contributed by atoms with E-state index in [4.69, 9.17) is 4.89 Å². The molecule has 0 aliphatic carbocycles. The third kappa shape index (κ3) is 8.07. The minimum Gasteiger partial charge on any atom is -0.311 e. The Labute approximate surface area is 53.3 Å². The molecule has 0 aromatic carbocycles. The number of hydrogen-bond acceptors (Lipinski definition) is 3. The molecule has 0 bridgehead atoms. The van der Waals surface area contributed by atoms with Gasteiger partial charge in [0, 0.05) is 0 Å². The van der Waals surface area contributed by atoms with E-state index in [1.807, 2.05) is 0 Å². The van der Waals surface area contributed by atoms with Gasteiger partial charge in [0.05, 0.1) is 6.10 Å². The molecule has 0 aromatic rings. The fraction of sp³-hybridized carbons (Fsp3) is 1.00. The van der Waals surface area contributed by atoms with Crippen molar-refractivity contribution in [2.45, 2.75) is 20.0 Å². The lowest BCUT2D eigenvalue weighted by Gasteiger charge is -2.06. The van der Waals surface area contributed by atoms with Crippen LogP contribution in [0.5, 0.6) is 0 Å². The van der Waals surface area contributed by atoms with Gasteiger partial charge in [0.1, 0.15) is 0 Å². The second-order valence-corrected chi connectivity index (χ2v) is 3.06. The lowest BCUT2D eigenvalue weighted by Crippen LogP contribution is -2.05. The van der Waals surface area contributed by atoms with Crippen molar-refractivity contribution in [1.82, 2.24) is 0 Å². The maximum Gasteiger partial charge on any atom is 0.427 e. The molecule has 0 fully saturated rings. The third-order valence-electron chi connectivity index (χ3n) is 0.342. The highest BCUT2D eigenvalue weighted by atomic mass is 31.2. The first-order chi connectivity index (χ1) is 3.92. The van der Waals surface area contributed by atoms with E-state index in [1.165, 1.54) is 0 Å². The summed E-state index contributed by atoms with van der Waals surface area (Å²) in [6.45, 7) is 3.30. The molecule has 6 heteroatoms. The molecular weight excluding hydrogens is 145 g/mol. The predicted octanol–water partition coefficient (Wildman–Crippen LogP) is 0.402. The molecule has 5 nitrogen and oxygen atoms in total. The molecule has 3 N–H and O–H groups in total. The monoisotopic (exact) mass is 155 g/mol. The van der Waals surface area contributed by atoms with Crippen LogP contribution in [0.3, 0.4) is 0 Å². The standard InChI is InChI=1S/C3H10NO4P/c1-3(2)7-8-9(4,5)6/h3H,1-2H3,(H3,4,5,6). The summed E-state index contributed by atoms with van der Waals surface area (Å²) in [6.07, 6.45) is -0.269. The fourth-order valence-electron chi connectivity index (χ4n) is 0.148. The Hall–Kier alpha value is 0.0700. The molecule has 1 unspecified atom stereocenters. The predicted molar refractivity (Wildman–Crippen MR) is 31.3 cm³/mol. The van der Waals surface area contributed by atoms with E-state index in [1.54, 1.807) is 13.8 Å². The van der Waals surface area contributed by atoms with Crippen molar-refractivity contribution < 1.29 is 19.0 Å². The van der Waals surface area contributed by atoms with E-state index in [0.717, 1.165) is 0 Å². The second-order valence-electron chi connectivity index (χ2n) is 1.78. The molecule has 0 saturated carbocycles. The highest BCUT2D eigenvalue weighted by Crippen LogP contribution is 2.31.